The molecule has 0 unspecified atom stereocenters. The van der Waals surface area contributed by atoms with E-state index in [1.54, 1.807) is 0 Å². The highest BCUT2D eigenvalue weighted by atomic mass is 16.5. The zero-order valence-corrected chi connectivity index (χ0v) is 22.7. The summed E-state index contributed by atoms with van der Waals surface area (Å²) in [7, 11) is 0. The standard InChI is InChI=1S/C30H60O2/c1-28(2)24-20-16-12-8-6-5-7-11-15-19-23-27-32-30(31)26-22-18-14-10-9-13-17-21-25-29(3)4/h28-29H,5-27H2,1-4H3. The van der Waals surface area contributed by atoms with Crippen LogP contribution in [0.5, 0.6) is 0 Å². The lowest BCUT2D eigenvalue weighted by Crippen LogP contribution is -2.05. The summed E-state index contributed by atoms with van der Waals surface area (Å²) in [5, 5.41) is 0. The summed E-state index contributed by atoms with van der Waals surface area (Å²) in [5.41, 5.74) is 0. The van der Waals surface area contributed by atoms with E-state index in [1.165, 1.54) is 122 Å². The van der Waals surface area contributed by atoms with Gasteiger partial charge in [-0.2, -0.15) is 0 Å². The van der Waals surface area contributed by atoms with Crippen molar-refractivity contribution in [3.8, 4) is 0 Å². The van der Waals surface area contributed by atoms with Crippen LogP contribution in [0.15, 0.2) is 0 Å². The van der Waals surface area contributed by atoms with Gasteiger partial charge in [-0.25, -0.2) is 0 Å². The SMILES string of the molecule is CC(C)CCCCCCCCCCCCCOC(=O)CCCCCCCCCCC(C)C. The fourth-order valence-corrected chi connectivity index (χ4v) is 4.39. The number of hydrogen-bond donors (Lipinski definition) is 0. The van der Waals surface area contributed by atoms with Gasteiger partial charge >= 0.3 is 5.97 Å². The summed E-state index contributed by atoms with van der Waals surface area (Å²) in [6, 6.07) is 0. The maximum Gasteiger partial charge on any atom is 0.305 e. The smallest absolute Gasteiger partial charge is 0.305 e. The van der Waals surface area contributed by atoms with Crippen molar-refractivity contribution in [2.45, 2.75) is 169 Å². The van der Waals surface area contributed by atoms with Crippen molar-refractivity contribution < 1.29 is 9.53 Å². The Kier molecular flexibility index (Phi) is 24.7. The van der Waals surface area contributed by atoms with Gasteiger partial charge in [-0.1, -0.05) is 150 Å². The zero-order chi connectivity index (χ0) is 23.7. The molecular formula is C30H60O2. The Morgan fingerprint density at radius 3 is 1.16 bits per heavy atom. The second-order valence-corrected chi connectivity index (χ2v) is 11.1. The molecule has 0 radical (unpaired) electrons. The molecule has 0 saturated carbocycles. The van der Waals surface area contributed by atoms with Crippen molar-refractivity contribution >= 4 is 5.97 Å². The number of rotatable bonds is 25. The molecule has 0 saturated heterocycles. The van der Waals surface area contributed by atoms with Gasteiger partial charge < -0.3 is 4.74 Å². The molecule has 0 aliphatic rings. The van der Waals surface area contributed by atoms with Gasteiger partial charge in [-0.15, -0.1) is 0 Å². The first kappa shape index (κ1) is 31.5. The van der Waals surface area contributed by atoms with Crippen LogP contribution in [0.4, 0.5) is 0 Å². The molecule has 192 valence electrons. The Morgan fingerprint density at radius 1 is 0.469 bits per heavy atom. The summed E-state index contributed by atoms with van der Waals surface area (Å²) in [6.45, 7) is 9.90. The van der Waals surface area contributed by atoms with Gasteiger partial charge in [0.05, 0.1) is 6.61 Å². The molecule has 0 aromatic heterocycles. The third-order valence-corrected chi connectivity index (χ3v) is 6.60. The predicted molar refractivity (Wildman–Crippen MR) is 142 cm³/mol. The van der Waals surface area contributed by atoms with E-state index in [0.29, 0.717) is 13.0 Å². The Hall–Kier alpha value is -0.530. The molecule has 0 aromatic carbocycles. The van der Waals surface area contributed by atoms with Crippen LogP contribution in [0.3, 0.4) is 0 Å². The molecule has 0 spiro atoms. The highest BCUT2D eigenvalue weighted by Gasteiger charge is 2.03. The largest absolute Gasteiger partial charge is 0.466 e. The van der Waals surface area contributed by atoms with Crippen LogP contribution < -0.4 is 0 Å². The van der Waals surface area contributed by atoms with Crippen LogP contribution in [-0.2, 0) is 9.53 Å². The third kappa shape index (κ3) is 27.5. The molecule has 32 heavy (non-hydrogen) atoms. The first-order chi connectivity index (χ1) is 15.5. The zero-order valence-electron chi connectivity index (χ0n) is 22.7. The van der Waals surface area contributed by atoms with Crippen molar-refractivity contribution in [1.29, 1.82) is 0 Å². The molecule has 0 fully saturated rings. The average molecular weight is 453 g/mol. The van der Waals surface area contributed by atoms with Crippen LogP contribution in [0.25, 0.3) is 0 Å². The molecule has 0 bridgehead atoms. The maximum absolute atomic E-state index is 11.8. The molecule has 0 atom stereocenters. The lowest BCUT2D eigenvalue weighted by Gasteiger charge is -2.06. The number of carbonyl (C=O) groups excluding carboxylic acids is 1. The minimum Gasteiger partial charge on any atom is -0.466 e. The van der Waals surface area contributed by atoms with E-state index < -0.39 is 0 Å². The topological polar surface area (TPSA) is 26.3 Å². The van der Waals surface area contributed by atoms with Crippen LogP contribution in [0.1, 0.15) is 169 Å². The van der Waals surface area contributed by atoms with Gasteiger partial charge in [0, 0.05) is 6.42 Å². The molecule has 2 nitrogen and oxygen atoms in total. The number of unbranched alkanes of at least 4 members (excludes halogenated alkanes) is 17. The van der Waals surface area contributed by atoms with E-state index >= 15 is 0 Å². The Balaban J connectivity index is 3.16. The minimum atomic E-state index is 0.0204. The molecule has 0 aliphatic heterocycles. The van der Waals surface area contributed by atoms with Gasteiger partial charge in [0.2, 0.25) is 0 Å². The monoisotopic (exact) mass is 452 g/mol. The van der Waals surface area contributed by atoms with Crippen LogP contribution in [0.2, 0.25) is 0 Å². The normalized spacial score (nSPS) is 11.6. The van der Waals surface area contributed by atoms with Crippen LogP contribution in [-0.4, -0.2) is 12.6 Å². The first-order valence-electron chi connectivity index (χ1n) is 14.7. The van der Waals surface area contributed by atoms with Crippen molar-refractivity contribution in [3.05, 3.63) is 0 Å². The van der Waals surface area contributed by atoms with E-state index in [9.17, 15) is 4.79 Å². The first-order valence-corrected chi connectivity index (χ1v) is 14.7. The lowest BCUT2D eigenvalue weighted by molar-refractivity contribution is -0.143. The van der Waals surface area contributed by atoms with E-state index in [4.69, 9.17) is 4.74 Å². The quantitative estimate of drug-likeness (QED) is 0.102. The summed E-state index contributed by atoms with van der Waals surface area (Å²) in [5.74, 6) is 1.74. The Bertz CT molecular complexity index is 375. The molecule has 0 aliphatic carbocycles. The van der Waals surface area contributed by atoms with Crippen molar-refractivity contribution in [1.82, 2.24) is 0 Å². The second-order valence-electron chi connectivity index (χ2n) is 11.1. The van der Waals surface area contributed by atoms with Gasteiger partial charge in [0.25, 0.3) is 0 Å². The van der Waals surface area contributed by atoms with Gasteiger partial charge in [0.1, 0.15) is 0 Å². The van der Waals surface area contributed by atoms with Crippen LogP contribution in [0, 0.1) is 11.8 Å². The molecule has 0 N–H and O–H groups in total. The van der Waals surface area contributed by atoms with Crippen molar-refractivity contribution in [2.75, 3.05) is 6.61 Å². The number of ether oxygens (including phenoxy) is 1. The van der Waals surface area contributed by atoms with E-state index in [1.807, 2.05) is 0 Å². The molecule has 0 heterocycles. The highest BCUT2D eigenvalue weighted by Crippen LogP contribution is 2.15. The predicted octanol–water partition coefficient (Wildman–Crippen LogP) is 10.4. The molecule has 0 rings (SSSR count). The Morgan fingerprint density at radius 2 is 0.781 bits per heavy atom. The minimum absolute atomic E-state index is 0.0204. The third-order valence-electron chi connectivity index (χ3n) is 6.60. The summed E-state index contributed by atoms with van der Waals surface area (Å²) in [4.78, 5) is 11.8. The summed E-state index contributed by atoms with van der Waals surface area (Å²) < 4.78 is 5.40. The van der Waals surface area contributed by atoms with Gasteiger partial charge in [-0.05, 0) is 24.7 Å². The number of hydrogen-bond acceptors (Lipinski definition) is 2. The summed E-state index contributed by atoms with van der Waals surface area (Å²) >= 11 is 0. The lowest BCUT2D eigenvalue weighted by atomic mass is 10.0. The van der Waals surface area contributed by atoms with E-state index in [2.05, 4.69) is 27.7 Å². The second kappa shape index (κ2) is 25.1. The maximum atomic E-state index is 11.8. The number of esters is 1. The van der Waals surface area contributed by atoms with Gasteiger partial charge in [0.15, 0.2) is 0 Å². The molecule has 0 amide bonds. The molecule has 0 aromatic rings. The Labute approximate surface area is 203 Å². The fraction of sp³-hybridized carbons (Fsp3) is 0.967. The molecular weight excluding hydrogens is 392 g/mol. The van der Waals surface area contributed by atoms with Crippen molar-refractivity contribution in [3.63, 3.8) is 0 Å². The van der Waals surface area contributed by atoms with E-state index in [-0.39, 0.29) is 5.97 Å². The molecule has 2 heteroatoms. The van der Waals surface area contributed by atoms with E-state index in [0.717, 1.165) is 24.7 Å². The number of carbonyl (C=O) groups is 1. The highest BCUT2D eigenvalue weighted by molar-refractivity contribution is 5.69. The van der Waals surface area contributed by atoms with Crippen molar-refractivity contribution in [2.24, 2.45) is 11.8 Å². The van der Waals surface area contributed by atoms with Gasteiger partial charge in [-0.3, -0.25) is 4.79 Å². The van der Waals surface area contributed by atoms with Crippen LogP contribution >= 0.6 is 0 Å². The average Bonchev–Trinajstić information content (AvgIpc) is 2.74. The summed E-state index contributed by atoms with van der Waals surface area (Å²) in [6.07, 6.45) is 28.5. The fourth-order valence-electron chi connectivity index (χ4n) is 4.39.